The Bertz CT molecular complexity index is 842. The van der Waals surface area contributed by atoms with Crippen molar-refractivity contribution in [1.29, 1.82) is 0 Å². The molecule has 0 bridgehead atoms. The third-order valence-electron chi connectivity index (χ3n) is 3.55. The van der Waals surface area contributed by atoms with E-state index in [1.807, 2.05) is 17.5 Å². The summed E-state index contributed by atoms with van der Waals surface area (Å²) in [6.07, 6.45) is 5.65. The van der Waals surface area contributed by atoms with Crippen LogP contribution < -0.4 is 11.1 Å². The van der Waals surface area contributed by atoms with E-state index in [0.29, 0.717) is 5.82 Å². The van der Waals surface area contributed by atoms with Gasteiger partial charge in [-0.3, -0.25) is 0 Å². The molecule has 23 heavy (non-hydrogen) atoms. The molecule has 0 unspecified atom stereocenters. The van der Waals surface area contributed by atoms with Crippen LogP contribution in [0.15, 0.2) is 29.0 Å². The summed E-state index contributed by atoms with van der Waals surface area (Å²) in [5.41, 5.74) is 8.96. The maximum absolute atomic E-state index is 5.79. The number of pyridine rings is 1. The molecule has 0 spiro atoms. The van der Waals surface area contributed by atoms with Crippen molar-refractivity contribution in [2.24, 2.45) is 0 Å². The molecule has 0 saturated carbocycles. The summed E-state index contributed by atoms with van der Waals surface area (Å²) in [6, 6.07) is 3.82. The van der Waals surface area contributed by atoms with Gasteiger partial charge in [-0.2, -0.15) is 0 Å². The van der Waals surface area contributed by atoms with E-state index >= 15 is 0 Å². The third kappa shape index (κ3) is 3.61. The second-order valence-electron chi connectivity index (χ2n) is 5.43. The quantitative estimate of drug-likeness (QED) is 0.717. The highest BCUT2D eigenvalue weighted by Gasteiger charge is 2.06. The Labute approximate surface area is 143 Å². The molecule has 3 aromatic rings. The summed E-state index contributed by atoms with van der Waals surface area (Å²) >= 11 is 3.51. The largest absolute Gasteiger partial charge is 0.384 e. The number of hydrogen-bond donors (Lipinski definition) is 2. The molecule has 0 saturated heterocycles. The minimum absolute atomic E-state index is 0.493. The van der Waals surface area contributed by atoms with E-state index in [2.05, 4.69) is 55.4 Å². The van der Waals surface area contributed by atoms with Crippen LogP contribution in [0.4, 0.5) is 11.6 Å². The molecule has 0 aromatic carbocycles. The molecular weight excluding hydrogens is 356 g/mol. The molecule has 0 radical (unpaired) electrons. The Balaban J connectivity index is 1.69. The number of rotatable bonds is 5. The predicted octanol–water partition coefficient (Wildman–Crippen LogP) is 2.99. The highest BCUT2D eigenvalue weighted by molar-refractivity contribution is 9.10. The standard InChI is InChI=1S/C16H19BrN6/c1-3-14-21-13(18)7-15(22-14)19-5-4-12-9-23-8-11(17)6-10(2)16(23)20-12/h6-9H,3-5H2,1-2H3,(H3,18,19,21,22). The number of nitrogen functional groups attached to an aromatic ring is 1. The predicted molar refractivity (Wildman–Crippen MR) is 95.6 cm³/mol. The first-order valence-electron chi connectivity index (χ1n) is 7.56. The number of nitrogens with one attached hydrogen (secondary N) is 1. The number of imidazole rings is 1. The molecule has 0 aliphatic carbocycles. The van der Waals surface area contributed by atoms with Gasteiger partial charge in [0.05, 0.1) is 5.69 Å². The lowest BCUT2D eigenvalue weighted by Crippen LogP contribution is -2.09. The van der Waals surface area contributed by atoms with E-state index < -0.39 is 0 Å². The van der Waals surface area contributed by atoms with Crippen LogP contribution in [0.5, 0.6) is 0 Å². The number of nitrogens with two attached hydrogens (primary N) is 1. The molecule has 6 nitrogen and oxygen atoms in total. The molecule has 3 heterocycles. The minimum atomic E-state index is 0.493. The summed E-state index contributed by atoms with van der Waals surface area (Å²) in [5.74, 6) is 2.00. The monoisotopic (exact) mass is 374 g/mol. The smallest absolute Gasteiger partial charge is 0.139 e. The number of halogens is 1. The molecule has 120 valence electrons. The Kier molecular flexibility index (Phi) is 4.47. The second kappa shape index (κ2) is 6.54. The van der Waals surface area contributed by atoms with E-state index in [1.165, 1.54) is 0 Å². The van der Waals surface area contributed by atoms with Gasteiger partial charge in [-0.25, -0.2) is 15.0 Å². The molecule has 3 N–H and O–H groups in total. The van der Waals surface area contributed by atoms with Gasteiger partial charge in [-0.15, -0.1) is 0 Å². The zero-order valence-corrected chi connectivity index (χ0v) is 14.8. The number of hydrogen-bond acceptors (Lipinski definition) is 5. The summed E-state index contributed by atoms with van der Waals surface area (Å²) in [7, 11) is 0. The lowest BCUT2D eigenvalue weighted by molar-refractivity contribution is 0.922. The minimum Gasteiger partial charge on any atom is -0.384 e. The van der Waals surface area contributed by atoms with Crippen LogP contribution >= 0.6 is 15.9 Å². The van der Waals surface area contributed by atoms with Gasteiger partial charge in [0.2, 0.25) is 0 Å². The number of anilines is 2. The van der Waals surface area contributed by atoms with Gasteiger partial charge in [-0.1, -0.05) is 6.92 Å². The molecule has 7 heteroatoms. The first-order valence-corrected chi connectivity index (χ1v) is 8.35. The number of fused-ring (bicyclic) bond motifs is 1. The Morgan fingerprint density at radius 2 is 2.04 bits per heavy atom. The topological polar surface area (TPSA) is 81.1 Å². The van der Waals surface area contributed by atoms with Crippen LogP contribution in [-0.4, -0.2) is 25.9 Å². The average molecular weight is 375 g/mol. The maximum Gasteiger partial charge on any atom is 0.139 e. The van der Waals surface area contributed by atoms with Crippen molar-refractivity contribution in [3.63, 3.8) is 0 Å². The Morgan fingerprint density at radius 1 is 1.22 bits per heavy atom. The van der Waals surface area contributed by atoms with Gasteiger partial charge in [0.25, 0.3) is 0 Å². The van der Waals surface area contributed by atoms with Gasteiger partial charge < -0.3 is 15.5 Å². The van der Waals surface area contributed by atoms with E-state index in [1.54, 1.807) is 6.07 Å². The van der Waals surface area contributed by atoms with Crippen LogP contribution in [0.3, 0.4) is 0 Å². The number of aromatic nitrogens is 4. The highest BCUT2D eigenvalue weighted by Crippen LogP contribution is 2.17. The summed E-state index contributed by atoms with van der Waals surface area (Å²) in [5, 5.41) is 3.29. The van der Waals surface area contributed by atoms with Gasteiger partial charge in [-0.05, 0) is 34.5 Å². The summed E-state index contributed by atoms with van der Waals surface area (Å²) < 4.78 is 3.10. The van der Waals surface area contributed by atoms with Crippen molar-refractivity contribution in [3.8, 4) is 0 Å². The maximum atomic E-state index is 5.79. The van der Waals surface area contributed by atoms with Crippen LogP contribution in [0.2, 0.25) is 0 Å². The molecule has 0 atom stereocenters. The van der Waals surface area contributed by atoms with Crippen molar-refractivity contribution >= 4 is 33.2 Å². The number of aryl methyl sites for hydroxylation is 2. The van der Waals surface area contributed by atoms with Gasteiger partial charge in [0, 0.05) is 42.3 Å². The summed E-state index contributed by atoms with van der Waals surface area (Å²) in [6.45, 7) is 4.81. The van der Waals surface area contributed by atoms with E-state index in [0.717, 1.165) is 52.4 Å². The first-order chi connectivity index (χ1) is 11.0. The van der Waals surface area contributed by atoms with Gasteiger partial charge >= 0.3 is 0 Å². The van der Waals surface area contributed by atoms with Gasteiger partial charge in [0.1, 0.15) is 23.1 Å². The Morgan fingerprint density at radius 3 is 2.83 bits per heavy atom. The van der Waals surface area contributed by atoms with Crippen molar-refractivity contribution in [2.75, 3.05) is 17.6 Å². The highest BCUT2D eigenvalue weighted by atomic mass is 79.9. The zero-order valence-electron chi connectivity index (χ0n) is 13.2. The Hall–Kier alpha value is -2.15. The first kappa shape index (κ1) is 15.7. The fourth-order valence-corrected chi connectivity index (χ4v) is 3.05. The van der Waals surface area contributed by atoms with Crippen LogP contribution in [0.1, 0.15) is 24.0 Å². The van der Waals surface area contributed by atoms with E-state index in [4.69, 9.17) is 5.73 Å². The van der Waals surface area contributed by atoms with Crippen molar-refractivity contribution in [1.82, 2.24) is 19.4 Å². The van der Waals surface area contributed by atoms with E-state index in [-0.39, 0.29) is 0 Å². The van der Waals surface area contributed by atoms with Crippen LogP contribution in [-0.2, 0) is 12.8 Å². The molecule has 3 rings (SSSR count). The molecule has 0 aliphatic heterocycles. The summed E-state index contributed by atoms with van der Waals surface area (Å²) in [4.78, 5) is 13.3. The fourth-order valence-electron chi connectivity index (χ4n) is 2.48. The fraction of sp³-hybridized carbons (Fsp3) is 0.312. The van der Waals surface area contributed by atoms with Crippen molar-refractivity contribution in [3.05, 3.63) is 46.1 Å². The molecule has 0 aliphatic rings. The van der Waals surface area contributed by atoms with Crippen LogP contribution in [0, 0.1) is 6.92 Å². The van der Waals surface area contributed by atoms with Gasteiger partial charge in [0.15, 0.2) is 0 Å². The SMILES string of the molecule is CCc1nc(N)cc(NCCc2cn3cc(Br)cc(C)c3n2)n1. The molecule has 0 fully saturated rings. The normalized spacial score (nSPS) is 11.1. The van der Waals surface area contributed by atoms with Crippen LogP contribution in [0.25, 0.3) is 5.65 Å². The van der Waals surface area contributed by atoms with Crippen molar-refractivity contribution < 1.29 is 0 Å². The van der Waals surface area contributed by atoms with E-state index in [9.17, 15) is 0 Å². The lowest BCUT2D eigenvalue weighted by atomic mass is 10.3. The second-order valence-corrected chi connectivity index (χ2v) is 6.34. The number of nitrogens with zero attached hydrogens (tertiary/aromatic N) is 4. The average Bonchev–Trinajstić information content (AvgIpc) is 2.89. The third-order valence-corrected chi connectivity index (χ3v) is 3.98. The molecule has 0 amide bonds. The molecular formula is C16H19BrN6. The van der Waals surface area contributed by atoms with Crippen molar-refractivity contribution in [2.45, 2.75) is 26.7 Å². The lowest BCUT2D eigenvalue weighted by Gasteiger charge is -2.06. The molecule has 3 aromatic heterocycles. The zero-order chi connectivity index (χ0) is 16.4.